The zero-order chi connectivity index (χ0) is 10.7. The number of aromatic nitrogens is 2. The van der Waals surface area contributed by atoms with Crippen LogP contribution in [0.15, 0.2) is 28.7 Å². The molecular formula is C10H10BrN3S. The smallest absolute Gasteiger partial charge is 0.202 e. The first-order valence-corrected chi connectivity index (χ1v) is 6.10. The van der Waals surface area contributed by atoms with Crippen LogP contribution in [0.4, 0.5) is 5.13 Å². The van der Waals surface area contributed by atoms with Gasteiger partial charge in [-0.3, -0.25) is 0 Å². The monoisotopic (exact) mass is 283 g/mol. The zero-order valence-corrected chi connectivity index (χ0v) is 10.6. The molecule has 0 spiro atoms. The summed E-state index contributed by atoms with van der Waals surface area (Å²) >= 11 is 4.89. The molecule has 2 rings (SSSR count). The molecule has 2 aromatic rings. The third-order valence-electron chi connectivity index (χ3n) is 1.92. The summed E-state index contributed by atoms with van der Waals surface area (Å²) < 4.78 is 5.22. The summed E-state index contributed by atoms with van der Waals surface area (Å²) in [7, 11) is 0. The molecule has 0 atom stereocenters. The van der Waals surface area contributed by atoms with Crippen molar-refractivity contribution in [3.05, 3.63) is 40.1 Å². The summed E-state index contributed by atoms with van der Waals surface area (Å²) in [6.07, 6.45) is 0. The van der Waals surface area contributed by atoms with Gasteiger partial charge in [0.15, 0.2) is 0 Å². The van der Waals surface area contributed by atoms with E-state index in [0.717, 1.165) is 22.0 Å². The standard InChI is InChI=1S/C10H10BrN3S/c1-7-13-10(15-14-7)12-6-8-4-2-3-5-9(8)11/h2-5H,6H2,1H3,(H,12,13,14). The van der Waals surface area contributed by atoms with Crippen LogP contribution in [0.2, 0.25) is 0 Å². The fourth-order valence-electron chi connectivity index (χ4n) is 1.18. The molecule has 5 heteroatoms. The van der Waals surface area contributed by atoms with Crippen molar-refractivity contribution in [3.8, 4) is 0 Å². The van der Waals surface area contributed by atoms with Gasteiger partial charge in [0, 0.05) is 22.5 Å². The van der Waals surface area contributed by atoms with Gasteiger partial charge in [0.1, 0.15) is 5.82 Å². The van der Waals surface area contributed by atoms with Gasteiger partial charge in [-0.05, 0) is 18.6 Å². The molecule has 1 N–H and O–H groups in total. The first-order chi connectivity index (χ1) is 7.25. The third-order valence-corrected chi connectivity index (χ3v) is 3.45. The van der Waals surface area contributed by atoms with Crippen LogP contribution >= 0.6 is 27.5 Å². The summed E-state index contributed by atoms with van der Waals surface area (Å²) in [6.45, 7) is 2.65. The van der Waals surface area contributed by atoms with Crippen LogP contribution in [-0.2, 0) is 6.54 Å². The van der Waals surface area contributed by atoms with Gasteiger partial charge in [0.25, 0.3) is 0 Å². The fourth-order valence-corrected chi connectivity index (χ4v) is 2.18. The minimum Gasteiger partial charge on any atom is -0.356 e. The van der Waals surface area contributed by atoms with Gasteiger partial charge < -0.3 is 5.32 Å². The van der Waals surface area contributed by atoms with Crippen LogP contribution in [0.25, 0.3) is 0 Å². The molecular weight excluding hydrogens is 274 g/mol. The van der Waals surface area contributed by atoms with Crippen molar-refractivity contribution in [1.82, 2.24) is 9.36 Å². The zero-order valence-electron chi connectivity index (χ0n) is 8.20. The number of benzene rings is 1. The summed E-state index contributed by atoms with van der Waals surface area (Å²) in [5, 5.41) is 4.10. The maximum atomic E-state index is 4.24. The first kappa shape index (κ1) is 10.6. The molecule has 0 radical (unpaired) electrons. The number of nitrogens with zero attached hydrogens (tertiary/aromatic N) is 2. The lowest BCUT2D eigenvalue weighted by molar-refractivity contribution is 1.10. The fraction of sp³-hybridized carbons (Fsp3) is 0.200. The van der Waals surface area contributed by atoms with Gasteiger partial charge in [-0.1, -0.05) is 34.1 Å². The minimum atomic E-state index is 0.760. The Kier molecular flexibility index (Phi) is 3.33. The summed E-state index contributed by atoms with van der Waals surface area (Å²) in [5.74, 6) is 0.814. The summed E-state index contributed by atoms with van der Waals surface area (Å²) in [6, 6.07) is 8.13. The second kappa shape index (κ2) is 4.72. The van der Waals surface area contributed by atoms with Crippen molar-refractivity contribution >= 4 is 32.6 Å². The third kappa shape index (κ3) is 2.76. The number of halogens is 1. The highest BCUT2D eigenvalue weighted by molar-refractivity contribution is 9.10. The molecule has 0 amide bonds. The van der Waals surface area contributed by atoms with E-state index >= 15 is 0 Å². The van der Waals surface area contributed by atoms with Crippen LogP contribution in [0.5, 0.6) is 0 Å². The van der Waals surface area contributed by atoms with Crippen molar-refractivity contribution in [2.24, 2.45) is 0 Å². The van der Waals surface area contributed by atoms with Crippen molar-refractivity contribution in [1.29, 1.82) is 0 Å². The Hall–Kier alpha value is -0.940. The number of anilines is 1. The van der Waals surface area contributed by atoms with Crippen molar-refractivity contribution < 1.29 is 0 Å². The van der Waals surface area contributed by atoms with Gasteiger partial charge in [-0.25, -0.2) is 4.98 Å². The van der Waals surface area contributed by atoms with E-state index in [9.17, 15) is 0 Å². The average molecular weight is 284 g/mol. The van der Waals surface area contributed by atoms with E-state index in [-0.39, 0.29) is 0 Å². The Morgan fingerprint density at radius 3 is 2.87 bits per heavy atom. The lowest BCUT2D eigenvalue weighted by Gasteiger charge is -2.04. The van der Waals surface area contributed by atoms with Crippen LogP contribution in [0, 0.1) is 6.92 Å². The van der Waals surface area contributed by atoms with E-state index in [2.05, 4.69) is 36.7 Å². The van der Waals surface area contributed by atoms with E-state index < -0.39 is 0 Å². The second-order valence-electron chi connectivity index (χ2n) is 3.09. The first-order valence-electron chi connectivity index (χ1n) is 4.53. The van der Waals surface area contributed by atoms with Gasteiger partial charge in [-0.2, -0.15) is 4.37 Å². The number of hydrogen-bond acceptors (Lipinski definition) is 4. The lowest BCUT2D eigenvalue weighted by atomic mass is 10.2. The molecule has 0 unspecified atom stereocenters. The number of aryl methyl sites for hydroxylation is 1. The molecule has 1 heterocycles. The SMILES string of the molecule is Cc1nsc(NCc2ccccc2Br)n1. The lowest BCUT2D eigenvalue weighted by Crippen LogP contribution is -1.99. The van der Waals surface area contributed by atoms with E-state index in [0.29, 0.717) is 0 Å². The Bertz CT molecular complexity index is 455. The molecule has 0 saturated heterocycles. The van der Waals surface area contributed by atoms with Crippen molar-refractivity contribution in [3.63, 3.8) is 0 Å². The maximum Gasteiger partial charge on any atom is 0.202 e. The quantitative estimate of drug-likeness (QED) is 0.940. The number of nitrogens with one attached hydrogen (secondary N) is 1. The van der Waals surface area contributed by atoms with Crippen molar-refractivity contribution in [2.75, 3.05) is 5.32 Å². The number of hydrogen-bond donors (Lipinski definition) is 1. The molecule has 0 aliphatic rings. The summed E-state index contributed by atoms with van der Waals surface area (Å²) in [4.78, 5) is 4.24. The van der Waals surface area contributed by atoms with Gasteiger partial charge in [0.05, 0.1) is 0 Å². The molecule has 15 heavy (non-hydrogen) atoms. The molecule has 0 bridgehead atoms. The Morgan fingerprint density at radius 2 is 2.20 bits per heavy atom. The topological polar surface area (TPSA) is 37.8 Å². The van der Waals surface area contributed by atoms with Gasteiger partial charge >= 0.3 is 0 Å². The largest absolute Gasteiger partial charge is 0.356 e. The van der Waals surface area contributed by atoms with E-state index in [1.807, 2.05) is 25.1 Å². The maximum absolute atomic E-state index is 4.24. The molecule has 0 aliphatic carbocycles. The number of rotatable bonds is 3. The normalized spacial score (nSPS) is 10.3. The Morgan fingerprint density at radius 1 is 1.40 bits per heavy atom. The molecule has 1 aromatic carbocycles. The van der Waals surface area contributed by atoms with Crippen LogP contribution in [0.3, 0.4) is 0 Å². The van der Waals surface area contributed by atoms with Gasteiger partial charge in [0.2, 0.25) is 5.13 Å². The second-order valence-corrected chi connectivity index (χ2v) is 4.70. The highest BCUT2D eigenvalue weighted by atomic mass is 79.9. The average Bonchev–Trinajstić information content (AvgIpc) is 2.63. The van der Waals surface area contributed by atoms with Crippen molar-refractivity contribution in [2.45, 2.75) is 13.5 Å². The van der Waals surface area contributed by atoms with Crippen LogP contribution in [0.1, 0.15) is 11.4 Å². The van der Waals surface area contributed by atoms with Crippen LogP contribution in [-0.4, -0.2) is 9.36 Å². The molecule has 78 valence electrons. The van der Waals surface area contributed by atoms with E-state index in [1.54, 1.807) is 0 Å². The van der Waals surface area contributed by atoms with E-state index in [1.165, 1.54) is 17.1 Å². The molecule has 0 fully saturated rings. The molecule has 3 nitrogen and oxygen atoms in total. The predicted octanol–water partition coefficient (Wildman–Crippen LogP) is 3.22. The predicted molar refractivity (Wildman–Crippen MR) is 66.1 cm³/mol. The Labute approximate surface area is 101 Å². The highest BCUT2D eigenvalue weighted by Gasteiger charge is 2.01. The highest BCUT2D eigenvalue weighted by Crippen LogP contribution is 2.18. The molecule has 1 aromatic heterocycles. The molecule has 0 saturated carbocycles. The Balaban J connectivity index is 2.02. The summed E-state index contributed by atoms with van der Waals surface area (Å²) in [5.41, 5.74) is 1.21. The molecule has 0 aliphatic heterocycles. The van der Waals surface area contributed by atoms with E-state index in [4.69, 9.17) is 0 Å². The minimum absolute atomic E-state index is 0.760. The van der Waals surface area contributed by atoms with Gasteiger partial charge in [-0.15, -0.1) is 0 Å². The van der Waals surface area contributed by atoms with Crippen LogP contribution < -0.4 is 5.32 Å².